The second-order valence-electron chi connectivity index (χ2n) is 4.06. The Bertz CT molecular complexity index is 459. The van der Waals surface area contributed by atoms with Crippen molar-refractivity contribution < 1.29 is 0 Å². The number of hydrogen-bond acceptors (Lipinski definition) is 2. The Kier molecular flexibility index (Phi) is 3.57. The van der Waals surface area contributed by atoms with Gasteiger partial charge >= 0.3 is 0 Å². The van der Waals surface area contributed by atoms with E-state index < -0.39 is 0 Å². The van der Waals surface area contributed by atoms with Gasteiger partial charge in [0, 0.05) is 6.54 Å². The maximum atomic E-state index is 4.43. The molecule has 86 valence electrons. The number of nitrogens with zero attached hydrogens (tertiary/aromatic N) is 2. The lowest BCUT2D eigenvalue weighted by molar-refractivity contribution is 0.725. The van der Waals surface area contributed by atoms with E-state index in [1.807, 2.05) is 13.4 Å². The molecule has 1 aromatic carbocycles. The van der Waals surface area contributed by atoms with Gasteiger partial charge in [0.25, 0.3) is 0 Å². The molecular formula is C13H19N3. The molecule has 0 atom stereocenters. The predicted octanol–water partition coefficient (Wildman–Crippen LogP) is 2.21. The third kappa shape index (κ3) is 2.25. The first-order chi connectivity index (χ1) is 7.85. The van der Waals surface area contributed by atoms with E-state index in [2.05, 4.69) is 40.0 Å². The fourth-order valence-electron chi connectivity index (χ4n) is 1.99. The highest BCUT2D eigenvalue weighted by molar-refractivity contribution is 5.76. The van der Waals surface area contributed by atoms with Gasteiger partial charge in [0.1, 0.15) is 0 Å². The molecule has 0 amide bonds. The molecule has 2 aromatic rings. The molecule has 0 aliphatic heterocycles. The highest BCUT2D eigenvalue weighted by atomic mass is 15.0. The van der Waals surface area contributed by atoms with E-state index >= 15 is 0 Å². The van der Waals surface area contributed by atoms with Gasteiger partial charge in [-0.2, -0.15) is 0 Å². The monoisotopic (exact) mass is 217 g/mol. The molecule has 1 heterocycles. The molecule has 0 unspecified atom stereocenters. The number of fused-ring (bicyclic) bond motifs is 1. The number of benzene rings is 1. The van der Waals surface area contributed by atoms with Crippen LogP contribution in [-0.4, -0.2) is 23.1 Å². The molecule has 1 N–H and O–H groups in total. The average molecular weight is 217 g/mol. The van der Waals surface area contributed by atoms with Crippen molar-refractivity contribution in [1.82, 2.24) is 14.9 Å². The van der Waals surface area contributed by atoms with Crippen molar-refractivity contribution in [1.29, 1.82) is 0 Å². The normalized spacial score (nSPS) is 11.1. The fourth-order valence-corrected chi connectivity index (χ4v) is 1.99. The van der Waals surface area contributed by atoms with Gasteiger partial charge in [-0.05, 0) is 51.1 Å². The van der Waals surface area contributed by atoms with E-state index in [9.17, 15) is 0 Å². The van der Waals surface area contributed by atoms with Crippen LogP contribution in [0.25, 0.3) is 11.0 Å². The first-order valence-corrected chi connectivity index (χ1v) is 5.93. The second kappa shape index (κ2) is 5.12. The van der Waals surface area contributed by atoms with Crippen LogP contribution in [0.1, 0.15) is 18.9 Å². The zero-order valence-electron chi connectivity index (χ0n) is 10.0. The van der Waals surface area contributed by atoms with Crippen molar-refractivity contribution >= 4 is 11.0 Å². The minimum Gasteiger partial charge on any atom is -0.331 e. The zero-order chi connectivity index (χ0) is 11.4. The Hall–Kier alpha value is -1.35. The highest BCUT2D eigenvalue weighted by Gasteiger charge is 2.02. The van der Waals surface area contributed by atoms with Crippen LogP contribution in [0.5, 0.6) is 0 Å². The van der Waals surface area contributed by atoms with Gasteiger partial charge in [0.15, 0.2) is 0 Å². The van der Waals surface area contributed by atoms with Gasteiger partial charge in [-0.1, -0.05) is 6.07 Å². The molecule has 0 aliphatic rings. The molecule has 3 nitrogen and oxygen atoms in total. The minimum atomic E-state index is 0.982. The molecule has 0 spiro atoms. The number of imidazole rings is 1. The lowest BCUT2D eigenvalue weighted by Crippen LogP contribution is -2.08. The molecule has 16 heavy (non-hydrogen) atoms. The first kappa shape index (κ1) is 11.1. The van der Waals surface area contributed by atoms with Crippen molar-refractivity contribution in [3.8, 4) is 0 Å². The number of nitrogens with one attached hydrogen (secondary N) is 1. The van der Waals surface area contributed by atoms with Crippen molar-refractivity contribution in [3.05, 3.63) is 30.1 Å². The molecule has 0 saturated carbocycles. The lowest BCUT2D eigenvalue weighted by Gasteiger charge is -2.02. The predicted molar refractivity (Wildman–Crippen MR) is 67.7 cm³/mol. The minimum absolute atomic E-state index is 0.982. The van der Waals surface area contributed by atoms with Crippen molar-refractivity contribution in [2.45, 2.75) is 26.3 Å². The van der Waals surface area contributed by atoms with Gasteiger partial charge in [-0.3, -0.25) is 0 Å². The maximum absolute atomic E-state index is 4.43. The Morgan fingerprint density at radius 2 is 2.25 bits per heavy atom. The van der Waals surface area contributed by atoms with Crippen LogP contribution < -0.4 is 5.32 Å². The zero-order valence-corrected chi connectivity index (χ0v) is 10.0. The van der Waals surface area contributed by atoms with Gasteiger partial charge in [-0.25, -0.2) is 4.98 Å². The standard InChI is InChI=1S/C13H19N3/c1-3-16-10-15-12-9-11(5-4-8-14-2)6-7-13(12)16/h6-7,9-10,14H,3-5,8H2,1-2H3. The third-order valence-electron chi connectivity index (χ3n) is 2.92. The van der Waals surface area contributed by atoms with Gasteiger partial charge in [-0.15, -0.1) is 0 Å². The Labute approximate surface area is 96.5 Å². The number of aromatic nitrogens is 2. The summed E-state index contributed by atoms with van der Waals surface area (Å²) in [5, 5.41) is 3.17. The summed E-state index contributed by atoms with van der Waals surface area (Å²) in [4.78, 5) is 4.43. The Balaban J connectivity index is 2.17. The quantitative estimate of drug-likeness (QED) is 0.778. The van der Waals surface area contributed by atoms with Gasteiger partial charge in [0.05, 0.1) is 17.4 Å². The van der Waals surface area contributed by atoms with Gasteiger partial charge < -0.3 is 9.88 Å². The largest absolute Gasteiger partial charge is 0.331 e. The van der Waals surface area contributed by atoms with E-state index in [1.165, 1.54) is 17.5 Å². The SMILES string of the molecule is CCn1cnc2cc(CCCNC)ccc21. The number of hydrogen-bond donors (Lipinski definition) is 1. The summed E-state index contributed by atoms with van der Waals surface area (Å²) in [5.41, 5.74) is 3.73. The van der Waals surface area contributed by atoms with Gasteiger partial charge in [0.2, 0.25) is 0 Å². The summed E-state index contributed by atoms with van der Waals surface area (Å²) in [7, 11) is 1.99. The molecule has 2 rings (SSSR count). The fraction of sp³-hybridized carbons (Fsp3) is 0.462. The number of rotatable bonds is 5. The Morgan fingerprint density at radius 1 is 1.38 bits per heavy atom. The van der Waals surface area contributed by atoms with Crippen LogP contribution in [0.15, 0.2) is 24.5 Å². The van der Waals surface area contributed by atoms with E-state index in [4.69, 9.17) is 0 Å². The van der Waals surface area contributed by atoms with Crippen molar-refractivity contribution in [2.75, 3.05) is 13.6 Å². The van der Waals surface area contributed by atoms with Crippen molar-refractivity contribution in [3.63, 3.8) is 0 Å². The van der Waals surface area contributed by atoms with Crippen LogP contribution in [0.3, 0.4) is 0 Å². The first-order valence-electron chi connectivity index (χ1n) is 5.93. The smallest absolute Gasteiger partial charge is 0.0958 e. The molecule has 3 heteroatoms. The van der Waals surface area contributed by atoms with Crippen LogP contribution in [-0.2, 0) is 13.0 Å². The summed E-state index contributed by atoms with van der Waals surface area (Å²) in [6.07, 6.45) is 4.22. The molecule has 0 saturated heterocycles. The van der Waals surface area contributed by atoms with Crippen LogP contribution >= 0.6 is 0 Å². The molecule has 0 radical (unpaired) electrons. The van der Waals surface area contributed by atoms with E-state index in [0.717, 1.165) is 25.0 Å². The number of aryl methyl sites for hydroxylation is 2. The molecule has 0 fully saturated rings. The third-order valence-corrected chi connectivity index (χ3v) is 2.92. The lowest BCUT2D eigenvalue weighted by atomic mass is 10.1. The molecule has 1 aromatic heterocycles. The summed E-state index contributed by atoms with van der Waals surface area (Å²) in [5.74, 6) is 0. The summed E-state index contributed by atoms with van der Waals surface area (Å²) in [6.45, 7) is 4.19. The summed E-state index contributed by atoms with van der Waals surface area (Å²) < 4.78 is 2.17. The summed E-state index contributed by atoms with van der Waals surface area (Å²) >= 11 is 0. The van der Waals surface area contributed by atoms with E-state index in [1.54, 1.807) is 0 Å². The van der Waals surface area contributed by atoms with Crippen LogP contribution in [0, 0.1) is 0 Å². The average Bonchev–Trinajstić information content (AvgIpc) is 2.71. The topological polar surface area (TPSA) is 29.9 Å². The second-order valence-corrected chi connectivity index (χ2v) is 4.06. The molecule has 0 aliphatic carbocycles. The molecular weight excluding hydrogens is 198 g/mol. The molecule has 0 bridgehead atoms. The highest BCUT2D eigenvalue weighted by Crippen LogP contribution is 2.15. The maximum Gasteiger partial charge on any atom is 0.0958 e. The summed E-state index contributed by atoms with van der Waals surface area (Å²) in [6, 6.07) is 6.60. The van der Waals surface area contributed by atoms with Crippen molar-refractivity contribution in [2.24, 2.45) is 0 Å². The van der Waals surface area contributed by atoms with E-state index in [0.29, 0.717) is 0 Å². The van der Waals surface area contributed by atoms with Crippen LogP contribution in [0.2, 0.25) is 0 Å². The van der Waals surface area contributed by atoms with E-state index in [-0.39, 0.29) is 0 Å². The van der Waals surface area contributed by atoms with Crippen LogP contribution in [0.4, 0.5) is 0 Å². The Morgan fingerprint density at radius 3 is 3.00 bits per heavy atom.